The number of nitrogens with one attached hydrogen (secondary N) is 1. The van der Waals surface area contributed by atoms with Crippen LogP contribution in [0.5, 0.6) is 0 Å². The maximum atomic E-state index is 12.2. The number of benzene rings is 1. The van der Waals surface area contributed by atoms with Gasteiger partial charge in [-0.15, -0.1) is 0 Å². The molecule has 2 aromatic rings. The van der Waals surface area contributed by atoms with Crippen LogP contribution in [0.3, 0.4) is 0 Å². The molecule has 0 spiro atoms. The van der Waals surface area contributed by atoms with E-state index in [1.807, 2.05) is 37.3 Å². The van der Waals surface area contributed by atoms with Crippen LogP contribution in [0.2, 0.25) is 0 Å². The molecule has 4 nitrogen and oxygen atoms in total. The predicted molar refractivity (Wildman–Crippen MR) is 70.1 cm³/mol. The first kappa shape index (κ1) is 12.2. The molecule has 4 heteroatoms. The molecule has 0 aliphatic heterocycles. The van der Waals surface area contributed by atoms with E-state index in [1.54, 1.807) is 18.6 Å². The normalized spacial score (nSPS) is 11.8. The van der Waals surface area contributed by atoms with Crippen LogP contribution in [0, 0.1) is 0 Å². The molecule has 1 atom stereocenters. The fourth-order valence-corrected chi connectivity index (χ4v) is 1.77. The van der Waals surface area contributed by atoms with Gasteiger partial charge in [0.2, 0.25) is 5.91 Å². The van der Waals surface area contributed by atoms with Gasteiger partial charge in [-0.2, -0.15) is 0 Å². The van der Waals surface area contributed by atoms with Gasteiger partial charge >= 0.3 is 0 Å². The summed E-state index contributed by atoms with van der Waals surface area (Å²) in [6.07, 6.45) is 5.54. The van der Waals surface area contributed by atoms with Gasteiger partial charge in [0.15, 0.2) is 0 Å². The molecular weight excluding hydrogens is 226 g/mol. The van der Waals surface area contributed by atoms with E-state index >= 15 is 0 Å². The maximum absolute atomic E-state index is 12.2. The van der Waals surface area contributed by atoms with Crippen LogP contribution < -0.4 is 5.32 Å². The van der Waals surface area contributed by atoms with Gasteiger partial charge in [0.05, 0.1) is 11.6 Å². The van der Waals surface area contributed by atoms with Crippen LogP contribution in [-0.4, -0.2) is 15.9 Å². The van der Waals surface area contributed by atoms with Crippen molar-refractivity contribution in [1.29, 1.82) is 0 Å². The molecule has 2 rings (SSSR count). The lowest BCUT2D eigenvalue weighted by molar-refractivity contribution is -0.117. The van der Waals surface area contributed by atoms with Gasteiger partial charge < -0.3 is 5.32 Å². The quantitative estimate of drug-likeness (QED) is 0.895. The predicted octanol–water partition coefficient (Wildman–Crippen LogP) is 2.61. The third-order valence-corrected chi connectivity index (χ3v) is 2.71. The van der Waals surface area contributed by atoms with Crippen molar-refractivity contribution in [2.75, 3.05) is 5.32 Å². The Morgan fingerprint density at radius 3 is 2.67 bits per heavy atom. The topological polar surface area (TPSA) is 54.9 Å². The third kappa shape index (κ3) is 2.91. The highest BCUT2D eigenvalue weighted by atomic mass is 16.1. The molecule has 0 saturated carbocycles. The number of nitrogens with zero attached hydrogens (tertiary/aromatic N) is 2. The van der Waals surface area contributed by atoms with Crippen LogP contribution in [0.4, 0.5) is 5.69 Å². The second-order valence-electron chi connectivity index (χ2n) is 3.95. The minimum Gasteiger partial charge on any atom is -0.326 e. The summed E-state index contributed by atoms with van der Waals surface area (Å²) in [5, 5.41) is 2.88. The molecule has 1 aromatic heterocycles. The average molecular weight is 241 g/mol. The number of rotatable bonds is 4. The molecule has 1 aromatic carbocycles. The van der Waals surface area contributed by atoms with E-state index in [2.05, 4.69) is 15.3 Å². The molecule has 0 fully saturated rings. The lowest BCUT2D eigenvalue weighted by Gasteiger charge is -2.13. The summed E-state index contributed by atoms with van der Waals surface area (Å²) in [6.45, 7) is 1.96. The summed E-state index contributed by atoms with van der Waals surface area (Å²) in [5.41, 5.74) is 1.50. The Labute approximate surface area is 106 Å². The van der Waals surface area contributed by atoms with E-state index in [1.165, 1.54) is 0 Å². The Balaban J connectivity index is 2.12. The first-order chi connectivity index (χ1) is 8.81. The molecule has 0 bridgehead atoms. The zero-order valence-electron chi connectivity index (χ0n) is 10.2. The molecule has 1 heterocycles. The summed E-state index contributed by atoms with van der Waals surface area (Å²) in [4.78, 5) is 20.4. The Morgan fingerprint density at radius 2 is 2.06 bits per heavy atom. The van der Waals surface area contributed by atoms with Crippen molar-refractivity contribution in [2.45, 2.75) is 19.3 Å². The monoisotopic (exact) mass is 241 g/mol. The zero-order chi connectivity index (χ0) is 12.8. The number of carbonyl (C=O) groups excluding carboxylic acids is 1. The van der Waals surface area contributed by atoms with Crippen LogP contribution >= 0.6 is 0 Å². The van der Waals surface area contributed by atoms with E-state index in [0.717, 1.165) is 5.69 Å². The number of amides is 1. The maximum Gasteiger partial charge on any atom is 0.233 e. The van der Waals surface area contributed by atoms with Crippen molar-refractivity contribution in [3.8, 4) is 0 Å². The van der Waals surface area contributed by atoms with E-state index in [-0.39, 0.29) is 11.8 Å². The van der Waals surface area contributed by atoms with Crippen molar-refractivity contribution in [3.63, 3.8) is 0 Å². The number of hydrogen-bond donors (Lipinski definition) is 1. The molecule has 0 radical (unpaired) electrons. The lowest BCUT2D eigenvalue weighted by Crippen LogP contribution is -2.21. The fraction of sp³-hybridized carbons (Fsp3) is 0.214. The molecule has 1 amide bonds. The minimum atomic E-state index is -0.265. The largest absolute Gasteiger partial charge is 0.326 e. The van der Waals surface area contributed by atoms with Crippen molar-refractivity contribution in [2.24, 2.45) is 0 Å². The van der Waals surface area contributed by atoms with Gasteiger partial charge in [-0.3, -0.25) is 14.8 Å². The summed E-state index contributed by atoms with van der Waals surface area (Å²) >= 11 is 0. The Kier molecular flexibility index (Phi) is 4.02. The zero-order valence-corrected chi connectivity index (χ0v) is 10.2. The standard InChI is InChI=1S/C14H15N3O/c1-2-12(13-10-15-8-9-16-13)14(18)17-11-6-4-3-5-7-11/h3-10,12H,2H2,1H3,(H,17,18). The van der Waals surface area contributed by atoms with Crippen molar-refractivity contribution < 1.29 is 4.79 Å². The highest BCUT2D eigenvalue weighted by Crippen LogP contribution is 2.18. The highest BCUT2D eigenvalue weighted by Gasteiger charge is 2.20. The van der Waals surface area contributed by atoms with Crippen molar-refractivity contribution in [1.82, 2.24) is 9.97 Å². The number of aromatic nitrogens is 2. The average Bonchev–Trinajstić information content (AvgIpc) is 2.42. The van der Waals surface area contributed by atoms with Crippen LogP contribution in [0.25, 0.3) is 0 Å². The molecule has 0 aliphatic carbocycles. The van der Waals surface area contributed by atoms with E-state index in [9.17, 15) is 4.79 Å². The first-order valence-electron chi connectivity index (χ1n) is 5.93. The summed E-state index contributed by atoms with van der Waals surface area (Å²) in [5.74, 6) is -0.317. The molecule has 18 heavy (non-hydrogen) atoms. The first-order valence-corrected chi connectivity index (χ1v) is 5.93. The van der Waals surface area contributed by atoms with Crippen LogP contribution in [0.1, 0.15) is 25.0 Å². The molecule has 0 aliphatic rings. The summed E-state index contributed by atoms with van der Waals surface area (Å²) < 4.78 is 0. The molecular formula is C14H15N3O. The number of carbonyl (C=O) groups is 1. The molecule has 1 N–H and O–H groups in total. The van der Waals surface area contributed by atoms with Crippen LogP contribution in [-0.2, 0) is 4.79 Å². The van der Waals surface area contributed by atoms with E-state index < -0.39 is 0 Å². The van der Waals surface area contributed by atoms with Gasteiger partial charge in [0, 0.05) is 24.3 Å². The van der Waals surface area contributed by atoms with Crippen LogP contribution in [0.15, 0.2) is 48.9 Å². The molecule has 92 valence electrons. The number of anilines is 1. The number of hydrogen-bond acceptors (Lipinski definition) is 3. The fourth-order valence-electron chi connectivity index (χ4n) is 1.77. The summed E-state index contributed by atoms with van der Waals surface area (Å²) in [6, 6.07) is 9.41. The Bertz CT molecular complexity index is 499. The minimum absolute atomic E-state index is 0.0517. The van der Waals surface area contributed by atoms with Gasteiger partial charge in [0.25, 0.3) is 0 Å². The molecule has 0 saturated heterocycles. The van der Waals surface area contributed by atoms with Crippen molar-refractivity contribution >= 4 is 11.6 Å². The Morgan fingerprint density at radius 1 is 1.28 bits per heavy atom. The SMILES string of the molecule is CCC(C(=O)Nc1ccccc1)c1cnccn1. The third-order valence-electron chi connectivity index (χ3n) is 2.71. The molecule has 1 unspecified atom stereocenters. The van der Waals surface area contributed by atoms with E-state index in [4.69, 9.17) is 0 Å². The second-order valence-corrected chi connectivity index (χ2v) is 3.95. The second kappa shape index (κ2) is 5.91. The van der Waals surface area contributed by atoms with Gasteiger partial charge in [-0.05, 0) is 18.6 Å². The van der Waals surface area contributed by atoms with Gasteiger partial charge in [0.1, 0.15) is 0 Å². The number of para-hydroxylation sites is 1. The van der Waals surface area contributed by atoms with E-state index in [0.29, 0.717) is 12.1 Å². The highest BCUT2D eigenvalue weighted by molar-refractivity contribution is 5.95. The smallest absolute Gasteiger partial charge is 0.233 e. The van der Waals surface area contributed by atoms with Gasteiger partial charge in [-0.1, -0.05) is 25.1 Å². The Hall–Kier alpha value is -2.23. The summed E-state index contributed by atoms with van der Waals surface area (Å²) in [7, 11) is 0. The van der Waals surface area contributed by atoms with Crippen molar-refractivity contribution in [3.05, 3.63) is 54.6 Å². The lowest BCUT2D eigenvalue weighted by atomic mass is 10.0. The van der Waals surface area contributed by atoms with Gasteiger partial charge in [-0.25, -0.2) is 0 Å².